The minimum absolute atomic E-state index is 0.118. The Morgan fingerprint density at radius 2 is 1.81 bits per heavy atom. The van der Waals surface area contributed by atoms with Crippen molar-refractivity contribution in [1.29, 1.82) is 0 Å². The molecule has 2 aliphatic rings. The lowest BCUT2D eigenvalue weighted by Crippen LogP contribution is -2.36. The molecule has 1 aromatic carbocycles. The van der Waals surface area contributed by atoms with Gasteiger partial charge in [0.05, 0.1) is 10.8 Å². The molecule has 0 saturated carbocycles. The lowest BCUT2D eigenvalue weighted by molar-refractivity contribution is -0.142. The second kappa shape index (κ2) is 7.36. The van der Waals surface area contributed by atoms with Crippen LogP contribution in [0.15, 0.2) is 29.2 Å². The summed E-state index contributed by atoms with van der Waals surface area (Å²) in [6.45, 7) is 3.33. The van der Waals surface area contributed by atoms with E-state index in [0.717, 1.165) is 19.3 Å². The average molecular weight is 380 g/mol. The van der Waals surface area contributed by atoms with E-state index in [1.807, 2.05) is 6.92 Å². The predicted molar refractivity (Wildman–Crippen MR) is 95.2 cm³/mol. The van der Waals surface area contributed by atoms with Crippen molar-refractivity contribution < 1.29 is 23.1 Å². The quantitative estimate of drug-likeness (QED) is 0.857. The van der Waals surface area contributed by atoms with Crippen LogP contribution >= 0.6 is 0 Å². The molecule has 3 rings (SSSR count). The van der Waals surface area contributed by atoms with Crippen molar-refractivity contribution in [3.05, 3.63) is 29.8 Å². The van der Waals surface area contributed by atoms with Crippen molar-refractivity contribution in [1.82, 2.24) is 9.21 Å². The second-order valence-electron chi connectivity index (χ2n) is 7.12. The summed E-state index contributed by atoms with van der Waals surface area (Å²) in [5.41, 5.74) is 0.279. The summed E-state index contributed by atoms with van der Waals surface area (Å²) >= 11 is 0. The topological polar surface area (TPSA) is 95.0 Å². The zero-order valence-electron chi connectivity index (χ0n) is 14.8. The first kappa shape index (κ1) is 18.8. The summed E-state index contributed by atoms with van der Waals surface area (Å²) in [7, 11) is -3.61. The van der Waals surface area contributed by atoms with Gasteiger partial charge in [-0.15, -0.1) is 0 Å². The molecule has 2 saturated heterocycles. The van der Waals surface area contributed by atoms with Crippen LogP contribution in [0, 0.1) is 11.8 Å². The van der Waals surface area contributed by atoms with Crippen LogP contribution in [0.3, 0.4) is 0 Å². The molecule has 0 spiro atoms. The van der Waals surface area contributed by atoms with Gasteiger partial charge in [-0.1, -0.05) is 19.4 Å². The third kappa shape index (κ3) is 3.61. The number of piperidine rings is 1. The first-order chi connectivity index (χ1) is 12.3. The summed E-state index contributed by atoms with van der Waals surface area (Å²) < 4.78 is 27.1. The molecule has 1 aromatic rings. The van der Waals surface area contributed by atoms with Crippen LogP contribution in [0.5, 0.6) is 0 Å². The average Bonchev–Trinajstić information content (AvgIpc) is 3.04. The third-order valence-electron chi connectivity index (χ3n) is 5.25. The van der Waals surface area contributed by atoms with Gasteiger partial charge in [0, 0.05) is 31.7 Å². The van der Waals surface area contributed by atoms with Gasteiger partial charge in [-0.25, -0.2) is 8.42 Å². The van der Waals surface area contributed by atoms with Crippen molar-refractivity contribution in [2.75, 3.05) is 26.2 Å². The Bertz CT molecular complexity index is 802. The van der Waals surface area contributed by atoms with Crippen LogP contribution in [0.25, 0.3) is 0 Å². The van der Waals surface area contributed by atoms with Crippen molar-refractivity contribution in [3.8, 4) is 0 Å². The molecule has 2 aliphatic heterocycles. The maximum atomic E-state index is 12.8. The molecule has 2 heterocycles. The highest BCUT2D eigenvalue weighted by molar-refractivity contribution is 7.89. The SMILES string of the molecule is C[C@@H]1CN(C(=O)c2cccc(S(=O)(=O)N3CCCCC3)c2)C[C@H]1C(=O)O. The fourth-order valence-electron chi connectivity index (χ4n) is 3.68. The first-order valence-corrected chi connectivity index (χ1v) is 10.4. The number of rotatable bonds is 4. The normalized spacial score (nSPS) is 24.6. The Morgan fingerprint density at radius 3 is 2.42 bits per heavy atom. The Balaban J connectivity index is 1.81. The lowest BCUT2D eigenvalue weighted by Gasteiger charge is -2.26. The van der Waals surface area contributed by atoms with E-state index >= 15 is 0 Å². The molecule has 2 fully saturated rings. The predicted octanol–water partition coefficient (Wildman–Crippen LogP) is 1.65. The summed E-state index contributed by atoms with van der Waals surface area (Å²) in [4.78, 5) is 25.6. The number of carbonyl (C=O) groups is 2. The van der Waals surface area contributed by atoms with Gasteiger partial charge in [-0.3, -0.25) is 9.59 Å². The molecule has 7 nitrogen and oxygen atoms in total. The summed E-state index contributed by atoms with van der Waals surface area (Å²) in [6, 6.07) is 6.06. The Morgan fingerprint density at radius 1 is 1.12 bits per heavy atom. The van der Waals surface area contributed by atoms with Crippen LogP contribution < -0.4 is 0 Å². The minimum atomic E-state index is -3.61. The number of nitrogens with zero attached hydrogens (tertiary/aromatic N) is 2. The van der Waals surface area contributed by atoms with Gasteiger partial charge in [-0.05, 0) is 37.0 Å². The standard InChI is InChI=1S/C18H24N2O5S/c1-13-11-19(12-16(13)18(22)23)17(21)14-6-5-7-15(10-14)26(24,25)20-8-3-2-4-9-20/h5-7,10,13,16H,2-4,8-9,11-12H2,1H3,(H,22,23)/t13-,16-/m1/s1. The zero-order valence-corrected chi connectivity index (χ0v) is 15.6. The fourth-order valence-corrected chi connectivity index (χ4v) is 5.24. The number of amides is 1. The van der Waals surface area contributed by atoms with Crippen LogP contribution in [0.4, 0.5) is 0 Å². The molecule has 26 heavy (non-hydrogen) atoms. The number of carboxylic acids is 1. The van der Waals surface area contributed by atoms with Crippen LogP contribution in [0.2, 0.25) is 0 Å². The van der Waals surface area contributed by atoms with Crippen molar-refractivity contribution in [2.45, 2.75) is 31.1 Å². The number of benzene rings is 1. The zero-order chi connectivity index (χ0) is 18.9. The van der Waals surface area contributed by atoms with Crippen molar-refractivity contribution in [2.24, 2.45) is 11.8 Å². The molecular formula is C18H24N2O5S. The molecule has 8 heteroatoms. The highest BCUT2D eigenvalue weighted by Crippen LogP contribution is 2.26. The second-order valence-corrected chi connectivity index (χ2v) is 9.06. The van der Waals surface area contributed by atoms with Gasteiger partial charge >= 0.3 is 5.97 Å². The van der Waals surface area contributed by atoms with E-state index < -0.39 is 21.9 Å². The van der Waals surface area contributed by atoms with Crippen LogP contribution in [-0.2, 0) is 14.8 Å². The van der Waals surface area contributed by atoms with Crippen LogP contribution in [-0.4, -0.2) is 60.8 Å². The molecule has 1 amide bonds. The first-order valence-electron chi connectivity index (χ1n) is 8.93. The smallest absolute Gasteiger partial charge is 0.308 e. The maximum Gasteiger partial charge on any atom is 0.308 e. The van der Waals surface area contributed by atoms with Gasteiger partial charge in [0.25, 0.3) is 5.91 Å². The molecule has 2 atom stereocenters. The van der Waals surface area contributed by atoms with Crippen LogP contribution in [0.1, 0.15) is 36.5 Å². The largest absolute Gasteiger partial charge is 0.481 e. The number of hydrogen-bond donors (Lipinski definition) is 1. The van der Waals surface area contributed by atoms with Gasteiger partial charge in [-0.2, -0.15) is 4.31 Å². The molecule has 0 aliphatic carbocycles. The van der Waals surface area contributed by atoms with Gasteiger partial charge < -0.3 is 10.0 Å². The Kier molecular flexibility index (Phi) is 5.34. The van der Waals surface area contributed by atoms with E-state index in [1.54, 1.807) is 12.1 Å². The molecule has 142 valence electrons. The highest BCUT2D eigenvalue weighted by atomic mass is 32.2. The van der Waals surface area contributed by atoms with Gasteiger partial charge in [0.2, 0.25) is 10.0 Å². The maximum absolute atomic E-state index is 12.8. The third-order valence-corrected chi connectivity index (χ3v) is 7.15. The number of carbonyl (C=O) groups excluding carboxylic acids is 1. The number of aliphatic carboxylic acids is 1. The Hall–Kier alpha value is -1.93. The molecule has 0 unspecified atom stereocenters. The summed E-state index contributed by atoms with van der Waals surface area (Å²) in [5.74, 6) is -1.94. The van der Waals surface area contributed by atoms with E-state index in [1.165, 1.54) is 21.3 Å². The van der Waals surface area contributed by atoms with E-state index in [4.69, 9.17) is 0 Å². The number of carboxylic acid groups (broad SMARTS) is 1. The molecular weight excluding hydrogens is 356 g/mol. The molecule has 0 aromatic heterocycles. The monoisotopic (exact) mass is 380 g/mol. The number of hydrogen-bond acceptors (Lipinski definition) is 4. The van der Waals surface area contributed by atoms with E-state index in [2.05, 4.69) is 0 Å². The number of sulfonamides is 1. The van der Waals surface area contributed by atoms with E-state index in [-0.39, 0.29) is 28.8 Å². The molecule has 0 bridgehead atoms. The summed E-state index contributed by atoms with van der Waals surface area (Å²) in [5, 5.41) is 9.23. The van der Waals surface area contributed by atoms with Gasteiger partial charge in [0.15, 0.2) is 0 Å². The molecule has 0 radical (unpaired) electrons. The fraction of sp³-hybridized carbons (Fsp3) is 0.556. The lowest BCUT2D eigenvalue weighted by atomic mass is 9.99. The summed E-state index contributed by atoms with van der Waals surface area (Å²) in [6.07, 6.45) is 2.72. The minimum Gasteiger partial charge on any atom is -0.481 e. The molecule has 1 N–H and O–H groups in total. The van der Waals surface area contributed by atoms with E-state index in [0.29, 0.717) is 19.6 Å². The Labute approximate surface area is 153 Å². The van der Waals surface area contributed by atoms with E-state index in [9.17, 15) is 23.1 Å². The van der Waals surface area contributed by atoms with Gasteiger partial charge in [0.1, 0.15) is 0 Å². The van der Waals surface area contributed by atoms with Crippen molar-refractivity contribution >= 4 is 21.9 Å². The van der Waals surface area contributed by atoms with Crippen molar-refractivity contribution in [3.63, 3.8) is 0 Å². The number of likely N-dealkylation sites (tertiary alicyclic amines) is 1. The highest BCUT2D eigenvalue weighted by Gasteiger charge is 2.37.